The van der Waals surface area contributed by atoms with E-state index in [2.05, 4.69) is 25.8 Å². The van der Waals surface area contributed by atoms with Gasteiger partial charge in [0.2, 0.25) is 0 Å². The monoisotopic (exact) mass is 170 g/mol. The van der Waals surface area contributed by atoms with Gasteiger partial charge in [0, 0.05) is 18.6 Å². The molecule has 2 N–H and O–H groups in total. The van der Waals surface area contributed by atoms with Crippen LogP contribution in [0.3, 0.4) is 0 Å². The van der Waals surface area contributed by atoms with E-state index in [-0.39, 0.29) is 0 Å². The van der Waals surface area contributed by atoms with E-state index in [4.69, 9.17) is 5.73 Å². The zero-order chi connectivity index (χ0) is 9.14. The van der Waals surface area contributed by atoms with Crippen molar-refractivity contribution < 1.29 is 0 Å². The summed E-state index contributed by atoms with van der Waals surface area (Å²) in [6, 6.07) is 1.21. The predicted octanol–water partition coefficient (Wildman–Crippen LogP) is 1.45. The second-order valence-corrected chi connectivity index (χ2v) is 4.22. The van der Waals surface area contributed by atoms with Crippen LogP contribution >= 0.6 is 0 Å². The summed E-state index contributed by atoms with van der Waals surface area (Å²) < 4.78 is 0. The quantitative estimate of drug-likeness (QED) is 0.676. The first-order chi connectivity index (χ1) is 5.65. The minimum atomic E-state index is 0.362. The van der Waals surface area contributed by atoms with Gasteiger partial charge in [0.15, 0.2) is 0 Å². The number of hydrogen-bond acceptors (Lipinski definition) is 2. The SMILES string of the molecule is CCC(C)C(N)CN(C)C1CC1. The van der Waals surface area contributed by atoms with Gasteiger partial charge < -0.3 is 10.6 Å². The number of nitrogens with zero attached hydrogens (tertiary/aromatic N) is 1. The molecule has 0 aromatic heterocycles. The lowest BCUT2D eigenvalue weighted by Gasteiger charge is -2.24. The Morgan fingerprint density at radius 1 is 1.50 bits per heavy atom. The van der Waals surface area contributed by atoms with E-state index in [0.29, 0.717) is 12.0 Å². The van der Waals surface area contributed by atoms with Crippen LogP contribution in [-0.4, -0.2) is 30.6 Å². The molecule has 0 saturated heterocycles. The van der Waals surface area contributed by atoms with Crippen LogP contribution in [0.5, 0.6) is 0 Å². The van der Waals surface area contributed by atoms with Crippen molar-refractivity contribution in [1.29, 1.82) is 0 Å². The molecule has 0 aromatic carbocycles. The lowest BCUT2D eigenvalue weighted by molar-refractivity contribution is 0.266. The molecule has 0 amide bonds. The first-order valence-corrected chi connectivity index (χ1v) is 5.11. The van der Waals surface area contributed by atoms with E-state index in [1.165, 1.54) is 19.3 Å². The van der Waals surface area contributed by atoms with Gasteiger partial charge in [0.05, 0.1) is 0 Å². The normalized spacial score (nSPS) is 22.8. The van der Waals surface area contributed by atoms with E-state index in [1.807, 2.05) is 0 Å². The second kappa shape index (κ2) is 4.24. The molecule has 0 radical (unpaired) electrons. The lowest BCUT2D eigenvalue weighted by atomic mass is 10.00. The maximum Gasteiger partial charge on any atom is 0.0193 e. The summed E-state index contributed by atoms with van der Waals surface area (Å²) in [5, 5.41) is 0. The van der Waals surface area contributed by atoms with Crippen molar-refractivity contribution in [2.24, 2.45) is 11.7 Å². The molecular weight excluding hydrogens is 148 g/mol. The van der Waals surface area contributed by atoms with Crippen LogP contribution in [0.4, 0.5) is 0 Å². The molecule has 0 aliphatic heterocycles. The number of hydrogen-bond donors (Lipinski definition) is 1. The van der Waals surface area contributed by atoms with Crippen LogP contribution in [-0.2, 0) is 0 Å². The fourth-order valence-corrected chi connectivity index (χ4v) is 1.48. The topological polar surface area (TPSA) is 29.3 Å². The maximum atomic E-state index is 6.05. The van der Waals surface area contributed by atoms with Crippen molar-refractivity contribution in [3.63, 3.8) is 0 Å². The van der Waals surface area contributed by atoms with Gasteiger partial charge >= 0.3 is 0 Å². The lowest BCUT2D eigenvalue weighted by Crippen LogP contribution is -2.40. The van der Waals surface area contributed by atoms with Gasteiger partial charge in [-0.15, -0.1) is 0 Å². The first-order valence-electron chi connectivity index (χ1n) is 5.11. The summed E-state index contributed by atoms with van der Waals surface area (Å²) in [7, 11) is 2.19. The third kappa shape index (κ3) is 2.76. The van der Waals surface area contributed by atoms with E-state index in [1.54, 1.807) is 0 Å². The summed E-state index contributed by atoms with van der Waals surface area (Å²) in [4.78, 5) is 2.41. The molecule has 72 valence electrons. The molecule has 2 atom stereocenters. The van der Waals surface area contributed by atoms with E-state index >= 15 is 0 Å². The molecule has 0 bridgehead atoms. The van der Waals surface area contributed by atoms with Crippen molar-refractivity contribution in [2.45, 2.75) is 45.2 Å². The molecular formula is C10H22N2. The zero-order valence-corrected chi connectivity index (χ0v) is 8.59. The van der Waals surface area contributed by atoms with Gasteiger partial charge in [-0.3, -0.25) is 0 Å². The van der Waals surface area contributed by atoms with Gasteiger partial charge in [0.1, 0.15) is 0 Å². The smallest absolute Gasteiger partial charge is 0.0193 e. The minimum Gasteiger partial charge on any atom is -0.326 e. The van der Waals surface area contributed by atoms with Crippen molar-refractivity contribution in [1.82, 2.24) is 4.90 Å². The Kier molecular flexibility index (Phi) is 3.53. The number of nitrogens with two attached hydrogens (primary N) is 1. The molecule has 2 unspecified atom stereocenters. The Morgan fingerprint density at radius 2 is 2.08 bits per heavy atom. The van der Waals surface area contributed by atoms with Crippen LogP contribution in [0.25, 0.3) is 0 Å². The third-order valence-corrected chi connectivity index (χ3v) is 3.04. The van der Waals surface area contributed by atoms with Gasteiger partial charge in [0.25, 0.3) is 0 Å². The average Bonchev–Trinajstić information content (AvgIpc) is 2.84. The Morgan fingerprint density at radius 3 is 2.50 bits per heavy atom. The third-order valence-electron chi connectivity index (χ3n) is 3.04. The summed E-state index contributed by atoms with van der Waals surface area (Å²) in [5.74, 6) is 0.659. The molecule has 0 aromatic rings. The van der Waals surface area contributed by atoms with E-state index in [9.17, 15) is 0 Å². The predicted molar refractivity (Wildman–Crippen MR) is 53.1 cm³/mol. The molecule has 1 fully saturated rings. The van der Waals surface area contributed by atoms with Crippen LogP contribution in [0.1, 0.15) is 33.1 Å². The highest BCUT2D eigenvalue weighted by Crippen LogP contribution is 2.25. The fourth-order valence-electron chi connectivity index (χ4n) is 1.48. The summed E-state index contributed by atoms with van der Waals surface area (Å²) in [6.07, 6.45) is 3.95. The Hall–Kier alpha value is -0.0800. The fraction of sp³-hybridized carbons (Fsp3) is 1.00. The van der Waals surface area contributed by atoms with Crippen LogP contribution in [0, 0.1) is 5.92 Å². The molecule has 0 spiro atoms. The van der Waals surface area contributed by atoms with Crippen LogP contribution in [0.15, 0.2) is 0 Å². The average molecular weight is 170 g/mol. The zero-order valence-electron chi connectivity index (χ0n) is 8.59. The summed E-state index contributed by atoms with van der Waals surface area (Å²) in [6.45, 7) is 5.52. The molecule has 2 nitrogen and oxygen atoms in total. The second-order valence-electron chi connectivity index (χ2n) is 4.22. The maximum absolute atomic E-state index is 6.05. The van der Waals surface area contributed by atoms with E-state index < -0.39 is 0 Å². The Labute approximate surface area is 76.1 Å². The molecule has 0 heterocycles. The molecule has 1 rings (SSSR count). The van der Waals surface area contributed by atoms with Gasteiger partial charge in [-0.2, -0.15) is 0 Å². The molecule has 1 saturated carbocycles. The Bertz CT molecular complexity index is 132. The van der Waals surface area contributed by atoms with Gasteiger partial charge in [-0.1, -0.05) is 20.3 Å². The van der Waals surface area contributed by atoms with Gasteiger partial charge in [-0.25, -0.2) is 0 Å². The van der Waals surface area contributed by atoms with Crippen LogP contribution in [0.2, 0.25) is 0 Å². The van der Waals surface area contributed by atoms with Crippen molar-refractivity contribution in [3.05, 3.63) is 0 Å². The molecule has 1 aliphatic rings. The van der Waals surface area contributed by atoms with Crippen molar-refractivity contribution >= 4 is 0 Å². The van der Waals surface area contributed by atoms with Gasteiger partial charge in [-0.05, 0) is 25.8 Å². The number of likely N-dealkylation sites (N-methyl/N-ethyl adjacent to an activating group) is 1. The standard InChI is InChI=1S/C10H22N2/c1-4-8(2)10(11)7-12(3)9-5-6-9/h8-10H,4-7,11H2,1-3H3. The first kappa shape index (κ1) is 10.0. The summed E-state index contributed by atoms with van der Waals surface area (Å²) in [5.41, 5.74) is 6.05. The largest absolute Gasteiger partial charge is 0.326 e. The van der Waals surface area contributed by atoms with Crippen molar-refractivity contribution in [3.8, 4) is 0 Å². The molecule has 2 heteroatoms. The minimum absolute atomic E-state index is 0.362. The highest BCUT2D eigenvalue weighted by Gasteiger charge is 2.27. The molecule has 12 heavy (non-hydrogen) atoms. The van der Waals surface area contributed by atoms with Crippen LogP contribution < -0.4 is 5.73 Å². The molecule has 1 aliphatic carbocycles. The summed E-state index contributed by atoms with van der Waals surface area (Å²) >= 11 is 0. The Balaban J connectivity index is 2.19. The van der Waals surface area contributed by atoms with E-state index in [0.717, 1.165) is 12.6 Å². The highest BCUT2D eigenvalue weighted by atomic mass is 15.2. The van der Waals surface area contributed by atoms with Crippen molar-refractivity contribution in [2.75, 3.05) is 13.6 Å². The number of rotatable bonds is 5. The highest BCUT2D eigenvalue weighted by molar-refractivity contribution is 4.85.